The van der Waals surface area contributed by atoms with Crippen molar-refractivity contribution in [2.45, 2.75) is 0 Å². The minimum absolute atomic E-state index is 0.293. The van der Waals surface area contributed by atoms with E-state index in [9.17, 15) is 4.39 Å². The van der Waals surface area contributed by atoms with Gasteiger partial charge in [-0.25, -0.2) is 14.4 Å². The van der Waals surface area contributed by atoms with Crippen LogP contribution in [0.5, 0.6) is 0 Å². The van der Waals surface area contributed by atoms with Crippen LogP contribution in [0.2, 0.25) is 0 Å². The molecule has 59 heavy (non-hydrogen) atoms. The third-order valence-electron chi connectivity index (χ3n) is 11.8. The molecule has 3 heterocycles. The Balaban J connectivity index is 1.05. The van der Waals surface area contributed by atoms with Crippen molar-refractivity contribution in [1.29, 1.82) is 0 Å². The summed E-state index contributed by atoms with van der Waals surface area (Å²) in [6.07, 6.45) is 0. The number of hydrogen-bond acceptors (Lipinski definition) is 2. The van der Waals surface area contributed by atoms with Gasteiger partial charge in [-0.2, -0.15) is 0 Å². The van der Waals surface area contributed by atoms with E-state index in [0.29, 0.717) is 5.82 Å². The Labute approximate surface area is 338 Å². The van der Waals surface area contributed by atoms with Crippen molar-refractivity contribution >= 4 is 65.3 Å². The van der Waals surface area contributed by atoms with Gasteiger partial charge in [0.15, 0.2) is 5.82 Å². The maximum Gasteiger partial charge on any atom is 0.160 e. The van der Waals surface area contributed by atoms with Crippen molar-refractivity contribution < 1.29 is 4.39 Å². The number of para-hydroxylation sites is 3. The minimum Gasteiger partial charge on any atom is -0.309 e. The van der Waals surface area contributed by atoms with Crippen molar-refractivity contribution in [2.24, 2.45) is 0 Å². The molecule has 0 aliphatic carbocycles. The fraction of sp³-hybridized carbons (Fsp3) is 0. The molecule has 0 atom stereocenters. The van der Waals surface area contributed by atoms with Crippen LogP contribution in [0, 0.1) is 5.82 Å². The van der Waals surface area contributed by atoms with E-state index >= 15 is 0 Å². The fourth-order valence-corrected chi connectivity index (χ4v) is 9.04. The van der Waals surface area contributed by atoms with Gasteiger partial charge in [-0.1, -0.05) is 115 Å². The summed E-state index contributed by atoms with van der Waals surface area (Å²) in [5, 5.41) is 7.94. The summed E-state index contributed by atoms with van der Waals surface area (Å²) >= 11 is 0. The Morgan fingerprint density at radius 3 is 1.75 bits per heavy atom. The van der Waals surface area contributed by atoms with Crippen LogP contribution in [0.25, 0.3) is 110 Å². The predicted molar refractivity (Wildman–Crippen MR) is 242 cm³/mol. The summed E-state index contributed by atoms with van der Waals surface area (Å²) in [6.45, 7) is 0. The summed E-state index contributed by atoms with van der Waals surface area (Å²) in [7, 11) is 0. The topological polar surface area (TPSA) is 35.6 Å². The minimum atomic E-state index is -0.293. The second kappa shape index (κ2) is 13.1. The van der Waals surface area contributed by atoms with Gasteiger partial charge in [0.25, 0.3) is 0 Å². The van der Waals surface area contributed by atoms with Crippen LogP contribution >= 0.6 is 0 Å². The summed E-state index contributed by atoms with van der Waals surface area (Å²) in [4.78, 5) is 10.3. The zero-order valence-corrected chi connectivity index (χ0v) is 31.7. The SMILES string of the molecule is Fc1ccc(-c2nc(-c3cccc(-n4c5ccccc5c5ccc(-c6ccc7c(c6)c6ccccc6n7-c6ccccc6)cc54)c3)c3ccc4ccccc4c3n2)cc1. The van der Waals surface area contributed by atoms with E-state index < -0.39 is 0 Å². The Bertz CT molecular complexity index is 3620. The first-order valence-corrected chi connectivity index (χ1v) is 19.8. The molecule has 0 bridgehead atoms. The number of aromatic nitrogens is 4. The standard InChI is InChI=1S/C54H33FN4/c55-39-26-21-35(22-27-39)54-56-52(46-29-23-34-11-4-5-16-42(34)53(46)57-54)38-12-10-15-41(31-38)59-48-19-8-6-17-43(48)45-28-24-37(33-51(45)59)36-25-30-50-47(32-36)44-18-7-9-20-49(44)58(50)40-13-2-1-3-14-40/h1-33H. The molecule has 0 aliphatic heterocycles. The molecule has 4 nitrogen and oxygen atoms in total. The van der Waals surface area contributed by atoms with Gasteiger partial charge in [-0.15, -0.1) is 0 Å². The highest BCUT2D eigenvalue weighted by Gasteiger charge is 2.18. The lowest BCUT2D eigenvalue weighted by Crippen LogP contribution is -1.98. The third kappa shape index (κ3) is 5.29. The van der Waals surface area contributed by atoms with Gasteiger partial charge >= 0.3 is 0 Å². The van der Waals surface area contributed by atoms with Gasteiger partial charge in [0.1, 0.15) is 5.82 Å². The van der Waals surface area contributed by atoms with E-state index in [4.69, 9.17) is 9.97 Å². The molecule has 3 aromatic heterocycles. The highest BCUT2D eigenvalue weighted by Crippen LogP contribution is 2.40. The van der Waals surface area contributed by atoms with Crippen molar-refractivity contribution in [3.05, 3.63) is 206 Å². The van der Waals surface area contributed by atoms with E-state index in [-0.39, 0.29) is 5.82 Å². The molecule has 0 aliphatic rings. The molecule has 0 saturated heterocycles. The van der Waals surface area contributed by atoms with Gasteiger partial charge in [0.2, 0.25) is 0 Å². The molecule has 0 amide bonds. The second-order valence-corrected chi connectivity index (χ2v) is 15.1. The highest BCUT2D eigenvalue weighted by molar-refractivity contribution is 6.13. The van der Waals surface area contributed by atoms with E-state index in [0.717, 1.165) is 72.0 Å². The number of benzene rings is 9. The van der Waals surface area contributed by atoms with Crippen LogP contribution in [0.3, 0.4) is 0 Å². The summed E-state index contributed by atoms with van der Waals surface area (Å²) in [5.41, 5.74) is 12.5. The van der Waals surface area contributed by atoms with Gasteiger partial charge in [-0.3, -0.25) is 0 Å². The average Bonchev–Trinajstić information content (AvgIpc) is 3.81. The molecule has 12 aromatic rings. The van der Waals surface area contributed by atoms with Gasteiger partial charge in [0.05, 0.1) is 33.3 Å². The zero-order valence-electron chi connectivity index (χ0n) is 31.7. The smallest absolute Gasteiger partial charge is 0.160 e. The maximum absolute atomic E-state index is 14.1. The Morgan fingerprint density at radius 2 is 0.932 bits per heavy atom. The quantitative estimate of drug-likeness (QED) is 0.164. The van der Waals surface area contributed by atoms with Crippen molar-refractivity contribution in [2.75, 3.05) is 0 Å². The molecule has 12 rings (SSSR count). The molecule has 0 fully saturated rings. The largest absolute Gasteiger partial charge is 0.309 e. The molecule has 5 heteroatoms. The number of nitrogens with zero attached hydrogens (tertiary/aromatic N) is 4. The monoisotopic (exact) mass is 756 g/mol. The molecule has 0 saturated carbocycles. The lowest BCUT2D eigenvalue weighted by Gasteiger charge is -2.14. The molecule has 276 valence electrons. The van der Waals surface area contributed by atoms with Crippen LogP contribution < -0.4 is 0 Å². The van der Waals surface area contributed by atoms with Crippen LogP contribution in [0.4, 0.5) is 4.39 Å². The molecular weight excluding hydrogens is 724 g/mol. The summed E-state index contributed by atoms with van der Waals surface area (Å²) in [5.74, 6) is 0.262. The first-order chi connectivity index (χ1) is 29.2. The lowest BCUT2D eigenvalue weighted by molar-refractivity contribution is 0.628. The first kappa shape index (κ1) is 33.3. The molecule has 0 unspecified atom stereocenters. The van der Waals surface area contributed by atoms with Gasteiger partial charge < -0.3 is 9.13 Å². The Hall–Kier alpha value is -7.89. The highest BCUT2D eigenvalue weighted by atomic mass is 19.1. The molecule has 0 radical (unpaired) electrons. The number of hydrogen-bond donors (Lipinski definition) is 0. The second-order valence-electron chi connectivity index (χ2n) is 15.1. The lowest BCUT2D eigenvalue weighted by atomic mass is 10.0. The number of halogens is 1. The van der Waals surface area contributed by atoms with Crippen LogP contribution in [-0.2, 0) is 0 Å². The Morgan fingerprint density at radius 1 is 0.339 bits per heavy atom. The van der Waals surface area contributed by atoms with Gasteiger partial charge in [0, 0.05) is 54.8 Å². The van der Waals surface area contributed by atoms with Crippen LogP contribution in [0.1, 0.15) is 0 Å². The normalized spacial score (nSPS) is 11.8. The predicted octanol–water partition coefficient (Wildman–Crippen LogP) is 14.1. The van der Waals surface area contributed by atoms with Crippen LogP contribution in [-0.4, -0.2) is 19.1 Å². The van der Waals surface area contributed by atoms with Crippen LogP contribution in [0.15, 0.2) is 200 Å². The van der Waals surface area contributed by atoms with E-state index in [1.807, 2.05) is 12.1 Å². The Kier molecular flexibility index (Phi) is 7.38. The summed E-state index contributed by atoms with van der Waals surface area (Å²) < 4.78 is 18.8. The van der Waals surface area contributed by atoms with Crippen molar-refractivity contribution in [1.82, 2.24) is 19.1 Å². The zero-order chi connectivity index (χ0) is 39.0. The first-order valence-electron chi connectivity index (χ1n) is 19.8. The van der Waals surface area contributed by atoms with Crippen molar-refractivity contribution in [3.8, 4) is 45.1 Å². The van der Waals surface area contributed by atoms with E-state index in [1.54, 1.807) is 12.1 Å². The van der Waals surface area contributed by atoms with Crippen molar-refractivity contribution in [3.63, 3.8) is 0 Å². The van der Waals surface area contributed by atoms with E-state index in [1.165, 1.54) is 44.7 Å². The molecular formula is C54H33FN4. The number of fused-ring (bicyclic) bond motifs is 9. The molecule has 0 spiro atoms. The average molecular weight is 757 g/mol. The number of rotatable bonds is 5. The maximum atomic E-state index is 14.1. The molecule has 9 aromatic carbocycles. The van der Waals surface area contributed by atoms with Gasteiger partial charge in [-0.05, 0) is 101 Å². The fourth-order valence-electron chi connectivity index (χ4n) is 9.04. The molecule has 0 N–H and O–H groups in total. The van der Waals surface area contributed by atoms with E-state index in [2.05, 4.69) is 173 Å². The third-order valence-corrected chi connectivity index (χ3v) is 11.8. The summed E-state index contributed by atoms with van der Waals surface area (Å²) in [6, 6.07) is 69.2.